The standard InChI is InChI=1S/C18H18N6O2/c1-23(11-16-22-20-12-24(16)2)18(26)13-5-3-7-15(9-13)21-17(25)14-6-4-8-19-10-14/h3-10,12H,11H2,1-2H3,(H,21,25). The molecule has 0 unspecified atom stereocenters. The first-order chi connectivity index (χ1) is 12.5. The minimum absolute atomic E-state index is 0.175. The molecule has 0 bridgehead atoms. The van der Waals surface area contributed by atoms with Crippen molar-refractivity contribution < 1.29 is 9.59 Å². The first kappa shape index (κ1) is 17.3. The van der Waals surface area contributed by atoms with E-state index in [-0.39, 0.29) is 11.8 Å². The van der Waals surface area contributed by atoms with Gasteiger partial charge >= 0.3 is 0 Å². The third-order valence-corrected chi connectivity index (χ3v) is 3.82. The van der Waals surface area contributed by atoms with E-state index in [0.717, 1.165) is 0 Å². The number of benzene rings is 1. The summed E-state index contributed by atoms with van der Waals surface area (Å²) in [7, 11) is 3.51. The smallest absolute Gasteiger partial charge is 0.257 e. The Labute approximate surface area is 150 Å². The fourth-order valence-corrected chi connectivity index (χ4v) is 2.38. The van der Waals surface area contributed by atoms with Gasteiger partial charge in [0, 0.05) is 37.7 Å². The molecule has 0 fully saturated rings. The van der Waals surface area contributed by atoms with E-state index in [9.17, 15) is 9.59 Å². The maximum Gasteiger partial charge on any atom is 0.257 e. The van der Waals surface area contributed by atoms with Crippen LogP contribution in [0.3, 0.4) is 0 Å². The molecule has 0 spiro atoms. The maximum atomic E-state index is 12.6. The molecular weight excluding hydrogens is 332 g/mol. The minimum atomic E-state index is -0.282. The zero-order chi connectivity index (χ0) is 18.5. The molecule has 0 aliphatic rings. The van der Waals surface area contributed by atoms with Gasteiger partial charge in [0.1, 0.15) is 6.33 Å². The van der Waals surface area contributed by atoms with Crippen molar-refractivity contribution >= 4 is 17.5 Å². The molecule has 2 amide bonds. The van der Waals surface area contributed by atoms with Gasteiger partial charge < -0.3 is 14.8 Å². The molecule has 2 heterocycles. The Morgan fingerprint density at radius 2 is 2.00 bits per heavy atom. The molecule has 0 saturated carbocycles. The topological polar surface area (TPSA) is 93.0 Å². The van der Waals surface area contributed by atoms with Crippen molar-refractivity contribution in [2.45, 2.75) is 6.54 Å². The van der Waals surface area contributed by atoms with Crippen LogP contribution in [0.25, 0.3) is 0 Å². The number of carbonyl (C=O) groups excluding carboxylic acids is 2. The average Bonchev–Trinajstić information content (AvgIpc) is 3.06. The average molecular weight is 350 g/mol. The lowest BCUT2D eigenvalue weighted by atomic mass is 10.1. The summed E-state index contributed by atoms with van der Waals surface area (Å²) in [6.45, 7) is 0.335. The van der Waals surface area contributed by atoms with Crippen LogP contribution in [0.15, 0.2) is 55.1 Å². The fourth-order valence-electron chi connectivity index (χ4n) is 2.38. The van der Waals surface area contributed by atoms with Crippen LogP contribution < -0.4 is 5.32 Å². The molecule has 3 aromatic rings. The van der Waals surface area contributed by atoms with Crippen LogP contribution in [0.5, 0.6) is 0 Å². The van der Waals surface area contributed by atoms with E-state index >= 15 is 0 Å². The predicted molar refractivity (Wildman–Crippen MR) is 95.4 cm³/mol. The lowest BCUT2D eigenvalue weighted by Gasteiger charge is -2.17. The summed E-state index contributed by atoms with van der Waals surface area (Å²) in [6.07, 6.45) is 4.67. The summed E-state index contributed by atoms with van der Waals surface area (Å²) in [5.74, 6) is 0.225. The summed E-state index contributed by atoms with van der Waals surface area (Å²) < 4.78 is 1.76. The highest BCUT2D eigenvalue weighted by Crippen LogP contribution is 2.14. The number of anilines is 1. The zero-order valence-electron chi connectivity index (χ0n) is 14.5. The lowest BCUT2D eigenvalue weighted by Crippen LogP contribution is -2.27. The normalized spacial score (nSPS) is 10.4. The summed E-state index contributed by atoms with van der Waals surface area (Å²) in [5, 5.41) is 10.6. The first-order valence-electron chi connectivity index (χ1n) is 7.94. The highest BCUT2D eigenvalue weighted by Gasteiger charge is 2.15. The monoisotopic (exact) mass is 350 g/mol. The highest BCUT2D eigenvalue weighted by molar-refractivity contribution is 6.04. The summed E-state index contributed by atoms with van der Waals surface area (Å²) >= 11 is 0. The predicted octanol–water partition coefficient (Wildman–Crippen LogP) is 1.73. The molecule has 8 nitrogen and oxygen atoms in total. The molecule has 8 heteroatoms. The molecule has 1 aromatic carbocycles. The number of amides is 2. The van der Waals surface area contributed by atoms with E-state index in [1.165, 1.54) is 6.20 Å². The van der Waals surface area contributed by atoms with E-state index in [0.29, 0.717) is 29.2 Å². The number of hydrogen-bond acceptors (Lipinski definition) is 5. The van der Waals surface area contributed by atoms with Crippen molar-refractivity contribution in [3.63, 3.8) is 0 Å². The van der Waals surface area contributed by atoms with Crippen molar-refractivity contribution in [3.05, 3.63) is 72.1 Å². The van der Waals surface area contributed by atoms with Crippen LogP contribution in [0.2, 0.25) is 0 Å². The van der Waals surface area contributed by atoms with E-state index in [1.54, 1.807) is 65.4 Å². The number of aromatic nitrogens is 4. The third kappa shape index (κ3) is 3.92. The molecule has 26 heavy (non-hydrogen) atoms. The van der Waals surface area contributed by atoms with Crippen LogP contribution in [-0.2, 0) is 13.6 Å². The number of nitrogens with zero attached hydrogens (tertiary/aromatic N) is 5. The van der Waals surface area contributed by atoms with Crippen molar-refractivity contribution in [1.82, 2.24) is 24.6 Å². The van der Waals surface area contributed by atoms with Crippen molar-refractivity contribution in [2.24, 2.45) is 7.05 Å². The van der Waals surface area contributed by atoms with Crippen LogP contribution >= 0.6 is 0 Å². The second kappa shape index (κ2) is 7.56. The van der Waals surface area contributed by atoms with Gasteiger partial charge in [-0.25, -0.2) is 0 Å². The number of nitrogens with one attached hydrogen (secondary N) is 1. The number of aryl methyl sites for hydroxylation is 1. The highest BCUT2D eigenvalue weighted by atomic mass is 16.2. The van der Waals surface area contributed by atoms with Crippen LogP contribution in [0.4, 0.5) is 5.69 Å². The Morgan fingerprint density at radius 1 is 1.19 bits per heavy atom. The van der Waals surface area contributed by atoms with Gasteiger partial charge in [-0.3, -0.25) is 14.6 Å². The van der Waals surface area contributed by atoms with Crippen molar-refractivity contribution in [3.8, 4) is 0 Å². The second-order valence-corrected chi connectivity index (χ2v) is 5.80. The summed E-state index contributed by atoms with van der Waals surface area (Å²) in [6, 6.07) is 10.2. The molecule has 0 saturated heterocycles. The maximum absolute atomic E-state index is 12.6. The van der Waals surface area contributed by atoms with Crippen LogP contribution in [0.1, 0.15) is 26.5 Å². The molecule has 0 aliphatic carbocycles. The number of rotatable bonds is 5. The number of pyridine rings is 1. The Kier molecular flexibility index (Phi) is 5.02. The van der Waals surface area contributed by atoms with E-state index in [1.807, 2.05) is 7.05 Å². The van der Waals surface area contributed by atoms with Gasteiger partial charge in [-0.2, -0.15) is 0 Å². The summed E-state index contributed by atoms with van der Waals surface area (Å²) in [4.78, 5) is 30.3. The van der Waals surface area contributed by atoms with Crippen LogP contribution in [0, 0.1) is 0 Å². The fraction of sp³-hybridized carbons (Fsp3) is 0.167. The van der Waals surface area contributed by atoms with Gasteiger partial charge in [-0.1, -0.05) is 6.07 Å². The zero-order valence-corrected chi connectivity index (χ0v) is 14.5. The number of carbonyl (C=O) groups is 2. The third-order valence-electron chi connectivity index (χ3n) is 3.82. The van der Waals surface area contributed by atoms with Gasteiger partial charge in [0.15, 0.2) is 5.82 Å². The molecule has 0 aliphatic heterocycles. The minimum Gasteiger partial charge on any atom is -0.334 e. The van der Waals surface area contributed by atoms with Gasteiger partial charge in [-0.15, -0.1) is 10.2 Å². The van der Waals surface area contributed by atoms with Gasteiger partial charge in [0.05, 0.1) is 12.1 Å². The van der Waals surface area contributed by atoms with Crippen molar-refractivity contribution in [1.29, 1.82) is 0 Å². The Morgan fingerprint density at radius 3 is 2.69 bits per heavy atom. The van der Waals surface area contributed by atoms with E-state index in [2.05, 4.69) is 20.5 Å². The Hall–Kier alpha value is -3.55. The van der Waals surface area contributed by atoms with Crippen LogP contribution in [-0.4, -0.2) is 43.5 Å². The number of hydrogen-bond donors (Lipinski definition) is 1. The first-order valence-corrected chi connectivity index (χ1v) is 7.94. The van der Waals surface area contributed by atoms with Gasteiger partial charge in [-0.05, 0) is 30.3 Å². The largest absolute Gasteiger partial charge is 0.334 e. The van der Waals surface area contributed by atoms with E-state index in [4.69, 9.17) is 0 Å². The Bertz CT molecular complexity index is 922. The summed E-state index contributed by atoms with van der Waals surface area (Å²) in [5.41, 5.74) is 1.46. The molecular formula is C18H18N6O2. The molecule has 0 radical (unpaired) electrons. The molecule has 1 N–H and O–H groups in total. The molecule has 0 atom stereocenters. The van der Waals surface area contributed by atoms with Crippen molar-refractivity contribution in [2.75, 3.05) is 12.4 Å². The molecule has 2 aromatic heterocycles. The second-order valence-electron chi connectivity index (χ2n) is 5.80. The SMILES string of the molecule is CN(Cc1nncn1C)C(=O)c1cccc(NC(=O)c2cccnc2)c1. The van der Waals surface area contributed by atoms with E-state index < -0.39 is 0 Å². The molecule has 3 rings (SSSR count). The quantitative estimate of drug-likeness (QED) is 0.756. The Balaban J connectivity index is 1.71. The van der Waals surface area contributed by atoms with Gasteiger partial charge in [0.2, 0.25) is 0 Å². The lowest BCUT2D eigenvalue weighted by molar-refractivity contribution is 0.0780. The molecule has 132 valence electrons. The van der Waals surface area contributed by atoms with Gasteiger partial charge in [0.25, 0.3) is 11.8 Å².